The van der Waals surface area contributed by atoms with Crippen molar-refractivity contribution in [2.24, 2.45) is 0 Å². The van der Waals surface area contributed by atoms with E-state index in [-0.39, 0.29) is 42.5 Å². The van der Waals surface area contributed by atoms with E-state index in [1.807, 2.05) is 0 Å². The van der Waals surface area contributed by atoms with Gasteiger partial charge in [0.1, 0.15) is 11.6 Å². The first-order chi connectivity index (χ1) is 13.3. The number of ether oxygens (including phenoxy) is 1. The molecule has 1 aliphatic heterocycles. The first kappa shape index (κ1) is 20.0. The summed E-state index contributed by atoms with van der Waals surface area (Å²) in [7, 11) is 0. The Morgan fingerprint density at radius 1 is 0.929 bits per heavy atom. The highest BCUT2D eigenvalue weighted by atomic mass is 35.5. The van der Waals surface area contributed by atoms with Crippen LogP contribution >= 0.6 is 11.6 Å². The van der Waals surface area contributed by atoms with E-state index in [4.69, 9.17) is 16.3 Å². The van der Waals surface area contributed by atoms with E-state index in [1.54, 1.807) is 0 Å². The number of carbonyl (C=O) groups excluding carboxylic acids is 2. The number of hydrogen-bond donors (Lipinski definition) is 0. The second kappa shape index (κ2) is 8.52. The second-order valence-corrected chi connectivity index (χ2v) is 6.60. The zero-order valence-electron chi connectivity index (χ0n) is 14.6. The molecule has 28 heavy (non-hydrogen) atoms. The quantitative estimate of drug-likeness (QED) is 0.775. The lowest BCUT2D eigenvalue weighted by Crippen LogP contribution is -2.51. The van der Waals surface area contributed by atoms with Crippen molar-refractivity contribution in [1.82, 2.24) is 9.80 Å². The summed E-state index contributed by atoms with van der Waals surface area (Å²) in [5, 5.41) is 0.253. The van der Waals surface area contributed by atoms with Crippen molar-refractivity contribution < 1.29 is 27.5 Å². The summed E-state index contributed by atoms with van der Waals surface area (Å²) in [6.45, 7) is 0.451. The maximum atomic E-state index is 13.9. The molecule has 1 aliphatic rings. The lowest BCUT2D eigenvalue weighted by atomic mass is 10.1. The minimum atomic E-state index is -0.897. The third-order valence-corrected chi connectivity index (χ3v) is 4.56. The Hall–Kier alpha value is -2.74. The Bertz CT molecular complexity index is 902. The van der Waals surface area contributed by atoms with Crippen LogP contribution in [0.1, 0.15) is 10.4 Å². The van der Waals surface area contributed by atoms with Crippen LogP contribution < -0.4 is 4.74 Å². The molecular formula is C19H16ClF3N2O3. The van der Waals surface area contributed by atoms with Crippen molar-refractivity contribution in [3.05, 3.63) is 64.4 Å². The van der Waals surface area contributed by atoms with E-state index in [0.717, 1.165) is 18.2 Å². The summed E-state index contributed by atoms with van der Waals surface area (Å²) >= 11 is 5.82. The molecule has 0 aromatic heterocycles. The van der Waals surface area contributed by atoms with Crippen LogP contribution in [0.25, 0.3) is 0 Å². The average molecular weight is 413 g/mol. The Balaban J connectivity index is 1.53. The van der Waals surface area contributed by atoms with E-state index in [9.17, 15) is 22.8 Å². The van der Waals surface area contributed by atoms with Crippen molar-refractivity contribution in [2.75, 3.05) is 32.8 Å². The van der Waals surface area contributed by atoms with Gasteiger partial charge in [0.05, 0.1) is 5.56 Å². The first-order valence-corrected chi connectivity index (χ1v) is 8.83. The van der Waals surface area contributed by atoms with E-state index in [0.29, 0.717) is 6.07 Å². The molecule has 2 amide bonds. The van der Waals surface area contributed by atoms with Crippen molar-refractivity contribution in [2.45, 2.75) is 0 Å². The highest BCUT2D eigenvalue weighted by Crippen LogP contribution is 2.19. The molecule has 9 heteroatoms. The number of carbonyl (C=O) groups is 2. The molecule has 0 atom stereocenters. The fraction of sp³-hybridized carbons (Fsp3) is 0.263. The molecule has 148 valence electrons. The summed E-state index contributed by atoms with van der Waals surface area (Å²) in [5.41, 5.74) is -0.123. The van der Waals surface area contributed by atoms with Gasteiger partial charge in [0.2, 0.25) is 0 Å². The molecule has 2 aromatic rings. The smallest absolute Gasteiger partial charge is 0.260 e. The number of piperazine rings is 1. The molecule has 0 saturated carbocycles. The number of benzene rings is 2. The van der Waals surface area contributed by atoms with Gasteiger partial charge >= 0.3 is 0 Å². The molecule has 5 nitrogen and oxygen atoms in total. The standard InChI is InChI=1S/C19H16ClF3N2O3/c20-12-1-3-15(22)14(9-12)19(27)25-7-5-24(6-8-25)18(26)11-28-17-4-2-13(21)10-16(17)23/h1-4,9-10H,5-8,11H2. The van der Waals surface area contributed by atoms with Gasteiger partial charge in [-0.3, -0.25) is 9.59 Å². The number of amides is 2. The Morgan fingerprint density at radius 3 is 2.29 bits per heavy atom. The van der Waals surface area contributed by atoms with Gasteiger partial charge in [0, 0.05) is 37.3 Å². The van der Waals surface area contributed by atoms with Crippen molar-refractivity contribution >= 4 is 23.4 Å². The van der Waals surface area contributed by atoms with Crippen LogP contribution in [0.15, 0.2) is 36.4 Å². The summed E-state index contributed by atoms with van der Waals surface area (Å²) in [5.74, 6) is -3.43. The third-order valence-electron chi connectivity index (χ3n) is 4.32. The van der Waals surface area contributed by atoms with Crippen molar-refractivity contribution in [1.29, 1.82) is 0 Å². The summed E-state index contributed by atoms with van der Waals surface area (Å²) in [6, 6.07) is 6.55. The van der Waals surface area contributed by atoms with Gasteiger partial charge in [-0.2, -0.15) is 0 Å². The molecule has 1 fully saturated rings. The molecule has 1 heterocycles. The fourth-order valence-corrected chi connectivity index (χ4v) is 2.99. The van der Waals surface area contributed by atoms with E-state index in [2.05, 4.69) is 0 Å². The molecule has 0 N–H and O–H groups in total. The summed E-state index contributed by atoms with van der Waals surface area (Å²) < 4.78 is 45.4. The minimum absolute atomic E-state index is 0.123. The predicted molar refractivity (Wildman–Crippen MR) is 95.7 cm³/mol. The third kappa shape index (κ3) is 4.56. The van der Waals surface area contributed by atoms with Crippen molar-refractivity contribution in [3.8, 4) is 5.75 Å². The van der Waals surface area contributed by atoms with Gasteiger partial charge in [0.15, 0.2) is 18.2 Å². The van der Waals surface area contributed by atoms with Crippen LogP contribution in [0.5, 0.6) is 5.75 Å². The number of rotatable bonds is 4. The van der Waals surface area contributed by atoms with Gasteiger partial charge in [0.25, 0.3) is 11.8 Å². The van der Waals surface area contributed by atoms with Crippen LogP contribution in [0.3, 0.4) is 0 Å². The first-order valence-electron chi connectivity index (χ1n) is 8.45. The van der Waals surface area contributed by atoms with Crippen LogP contribution in [-0.2, 0) is 4.79 Å². The highest BCUT2D eigenvalue weighted by molar-refractivity contribution is 6.31. The molecular weight excluding hydrogens is 397 g/mol. The number of nitrogens with zero attached hydrogens (tertiary/aromatic N) is 2. The second-order valence-electron chi connectivity index (χ2n) is 6.16. The lowest BCUT2D eigenvalue weighted by molar-refractivity contribution is -0.134. The maximum absolute atomic E-state index is 13.9. The van der Waals surface area contributed by atoms with Gasteiger partial charge in [-0.1, -0.05) is 11.6 Å². The zero-order valence-corrected chi connectivity index (χ0v) is 15.4. The molecule has 0 spiro atoms. The average Bonchev–Trinajstić information content (AvgIpc) is 2.68. The largest absolute Gasteiger partial charge is 0.481 e. The molecule has 0 aliphatic carbocycles. The molecule has 0 bridgehead atoms. The molecule has 3 rings (SSSR count). The fourth-order valence-electron chi connectivity index (χ4n) is 2.81. The molecule has 0 unspecified atom stereocenters. The van der Waals surface area contributed by atoms with Gasteiger partial charge in [-0.25, -0.2) is 13.2 Å². The topological polar surface area (TPSA) is 49.9 Å². The Kier molecular flexibility index (Phi) is 6.08. The number of hydrogen-bond acceptors (Lipinski definition) is 3. The summed E-state index contributed by atoms with van der Waals surface area (Å²) in [6.07, 6.45) is 0. The van der Waals surface area contributed by atoms with Crippen LogP contribution in [0.2, 0.25) is 5.02 Å². The van der Waals surface area contributed by atoms with E-state index in [1.165, 1.54) is 21.9 Å². The molecule has 0 radical (unpaired) electrons. The van der Waals surface area contributed by atoms with Gasteiger partial charge in [-0.15, -0.1) is 0 Å². The van der Waals surface area contributed by atoms with Crippen LogP contribution in [0.4, 0.5) is 13.2 Å². The molecule has 1 saturated heterocycles. The zero-order chi connectivity index (χ0) is 20.3. The summed E-state index contributed by atoms with van der Waals surface area (Å²) in [4.78, 5) is 27.6. The Labute approximate surface area is 164 Å². The maximum Gasteiger partial charge on any atom is 0.260 e. The van der Waals surface area contributed by atoms with Crippen LogP contribution in [0, 0.1) is 17.5 Å². The molecule has 2 aromatic carbocycles. The predicted octanol–water partition coefficient (Wildman–Crippen LogP) is 3.12. The number of halogens is 4. The van der Waals surface area contributed by atoms with Gasteiger partial charge in [-0.05, 0) is 30.3 Å². The van der Waals surface area contributed by atoms with Crippen LogP contribution in [-0.4, -0.2) is 54.4 Å². The highest BCUT2D eigenvalue weighted by Gasteiger charge is 2.26. The Morgan fingerprint density at radius 2 is 1.61 bits per heavy atom. The van der Waals surface area contributed by atoms with E-state index < -0.39 is 35.9 Å². The SMILES string of the molecule is O=C(COc1ccc(F)cc1F)N1CCN(C(=O)c2cc(Cl)ccc2F)CC1. The van der Waals surface area contributed by atoms with E-state index >= 15 is 0 Å². The lowest BCUT2D eigenvalue weighted by Gasteiger charge is -2.34. The van der Waals surface area contributed by atoms with Crippen molar-refractivity contribution in [3.63, 3.8) is 0 Å². The normalized spacial score (nSPS) is 14.1. The van der Waals surface area contributed by atoms with Gasteiger partial charge < -0.3 is 14.5 Å². The monoisotopic (exact) mass is 412 g/mol. The minimum Gasteiger partial charge on any atom is -0.481 e.